The lowest BCUT2D eigenvalue weighted by molar-refractivity contribution is 0.0740. The highest BCUT2D eigenvalue weighted by molar-refractivity contribution is 5.92. The molecule has 142 valence electrons. The summed E-state index contributed by atoms with van der Waals surface area (Å²) in [5.74, 6) is 1.53. The summed E-state index contributed by atoms with van der Waals surface area (Å²) < 4.78 is 0. The monoisotopic (exact) mass is 366 g/mol. The maximum atomic E-state index is 12.8. The minimum atomic E-state index is 0.00227. The van der Waals surface area contributed by atoms with Gasteiger partial charge < -0.3 is 14.7 Å². The van der Waals surface area contributed by atoms with Gasteiger partial charge in [0.25, 0.3) is 5.91 Å². The van der Waals surface area contributed by atoms with Crippen molar-refractivity contribution in [2.75, 3.05) is 49.1 Å². The highest BCUT2D eigenvalue weighted by atomic mass is 16.2. The minimum Gasteiger partial charge on any atom is -0.370 e. The third-order valence-electron chi connectivity index (χ3n) is 5.52. The first-order chi connectivity index (χ1) is 13.2. The third kappa shape index (κ3) is 4.02. The lowest BCUT2D eigenvalue weighted by Gasteiger charge is -2.34. The van der Waals surface area contributed by atoms with Gasteiger partial charge in [-0.1, -0.05) is 6.92 Å². The molecule has 0 radical (unpaired) electrons. The van der Waals surface area contributed by atoms with E-state index in [9.17, 15) is 4.79 Å². The van der Waals surface area contributed by atoms with Gasteiger partial charge in [-0.05, 0) is 37.0 Å². The number of carbonyl (C=O) groups excluding carboxylic acids is 1. The topological polar surface area (TPSA) is 65.5 Å². The second-order valence-electron chi connectivity index (χ2n) is 7.40. The first-order valence-electron chi connectivity index (χ1n) is 9.73. The average Bonchev–Trinajstić information content (AvgIpc) is 2.75. The van der Waals surface area contributed by atoms with Crippen LogP contribution in [0.2, 0.25) is 0 Å². The van der Waals surface area contributed by atoms with Crippen molar-refractivity contribution in [1.82, 2.24) is 19.9 Å². The number of carbonyl (C=O) groups is 1. The smallest absolute Gasteiger partial charge is 0.272 e. The van der Waals surface area contributed by atoms with Gasteiger partial charge in [0.05, 0.1) is 11.9 Å². The zero-order chi connectivity index (χ0) is 18.6. The van der Waals surface area contributed by atoms with E-state index in [1.54, 1.807) is 12.4 Å². The van der Waals surface area contributed by atoms with Crippen LogP contribution >= 0.6 is 0 Å². The SMILES string of the molecule is CC1CCN(c2ccc(C(=O)N3CCN(c4ncccn4)CC3)nc2)CC1. The maximum Gasteiger partial charge on any atom is 0.272 e. The van der Waals surface area contributed by atoms with Crippen LogP contribution in [0.4, 0.5) is 11.6 Å². The standard InChI is InChI=1S/C20H26N6O/c1-16-5-9-24(10-6-16)17-3-4-18(23-15-17)19(27)25-11-13-26(14-12-25)20-21-7-2-8-22-20/h2-4,7-8,15-16H,5-6,9-14H2,1H3. The summed E-state index contributed by atoms with van der Waals surface area (Å²) in [5, 5.41) is 0. The largest absolute Gasteiger partial charge is 0.370 e. The predicted octanol–water partition coefficient (Wildman–Crippen LogP) is 2.07. The van der Waals surface area contributed by atoms with E-state index in [0.29, 0.717) is 18.8 Å². The first-order valence-corrected chi connectivity index (χ1v) is 9.73. The van der Waals surface area contributed by atoms with Crippen molar-refractivity contribution in [3.8, 4) is 0 Å². The number of piperazine rings is 1. The molecule has 0 aliphatic carbocycles. The van der Waals surface area contributed by atoms with Crippen LogP contribution in [0.25, 0.3) is 0 Å². The molecule has 0 N–H and O–H groups in total. The van der Waals surface area contributed by atoms with Crippen LogP contribution in [0, 0.1) is 5.92 Å². The number of amides is 1. The molecule has 7 heteroatoms. The average molecular weight is 366 g/mol. The molecule has 27 heavy (non-hydrogen) atoms. The highest BCUT2D eigenvalue weighted by Gasteiger charge is 2.24. The Kier molecular flexibility index (Phi) is 5.18. The van der Waals surface area contributed by atoms with E-state index in [2.05, 4.69) is 31.7 Å². The molecule has 4 heterocycles. The van der Waals surface area contributed by atoms with E-state index in [-0.39, 0.29) is 5.91 Å². The summed E-state index contributed by atoms with van der Waals surface area (Å²) in [5.41, 5.74) is 1.64. The number of aromatic nitrogens is 3. The summed E-state index contributed by atoms with van der Waals surface area (Å²) in [6.07, 6.45) is 7.77. The molecule has 0 aromatic carbocycles. The van der Waals surface area contributed by atoms with Crippen LogP contribution in [-0.2, 0) is 0 Å². The molecule has 2 aliphatic heterocycles. The summed E-state index contributed by atoms with van der Waals surface area (Å²) in [6, 6.07) is 5.70. The molecule has 2 aromatic rings. The molecular weight excluding hydrogens is 340 g/mol. The lowest BCUT2D eigenvalue weighted by atomic mass is 9.99. The number of nitrogens with zero attached hydrogens (tertiary/aromatic N) is 6. The van der Waals surface area contributed by atoms with Gasteiger partial charge in [0, 0.05) is 51.7 Å². The normalized spacial score (nSPS) is 18.6. The Hall–Kier alpha value is -2.70. The predicted molar refractivity (Wildman–Crippen MR) is 105 cm³/mol. The molecule has 4 rings (SSSR count). The number of hydrogen-bond donors (Lipinski definition) is 0. The van der Waals surface area contributed by atoms with Crippen molar-refractivity contribution >= 4 is 17.5 Å². The van der Waals surface area contributed by atoms with E-state index in [1.807, 2.05) is 29.3 Å². The van der Waals surface area contributed by atoms with Crippen LogP contribution in [0.5, 0.6) is 0 Å². The molecule has 0 unspecified atom stereocenters. The molecular formula is C20H26N6O. The van der Waals surface area contributed by atoms with Gasteiger partial charge in [-0.2, -0.15) is 0 Å². The minimum absolute atomic E-state index is 0.00227. The van der Waals surface area contributed by atoms with E-state index < -0.39 is 0 Å². The molecule has 1 amide bonds. The van der Waals surface area contributed by atoms with Gasteiger partial charge in [-0.15, -0.1) is 0 Å². The molecule has 2 fully saturated rings. The van der Waals surface area contributed by atoms with Gasteiger partial charge in [-0.25, -0.2) is 15.0 Å². The zero-order valence-electron chi connectivity index (χ0n) is 15.8. The fraction of sp³-hybridized carbons (Fsp3) is 0.500. The molecule has 0 atom stereocenters. The van der Waals surface area contributed by atoms with Crippen molar-refractivity contribution in [3.63, 3.8) is 0 Å². The van der Waals surface area contributed by atoms with Crippen molar-refractivity contribution in [2.24, 2.45) is 5.92 Å². The number of rotatable bonds is 3. The highest BCUT2D eigenvalue weighted by Crippen LogP contribution is 2.22. The summed E-state index contributed by atoms with van der Waals surface area (Å²) in [6.45, 7) is 7.23. The van der Waals surface area contributed by atoms with Crippen LogP contribution in [0.15, 0.2) is 36.8 Å². The Morgan fingerprint density at radius 1 is 0.926 bits per heavy atom. The Morgan fingerprint density at radius 3 is 2.26 bits per heavy atom. The number of pyridine rings is 1. The maximum absolute atomic E-state index is 12.8. The molecule has 0 spiro atoms. The quantitative estimate of drug-likeness (QED) is 0.829. The number of hydrogen-bond acceptors (Lipinski definition) is 6. The molecule has 2 aromatic heterocycles. The van der Waals surface area contributed by atoms with Crippen molar-refractivity contribution < 1.29 is 4.79 Å². The van der Waals surface area contributed by atoms with E-state index >= 15 is 0 Å². The van der Waals surface area contributed by atoms with Gasteiger partial charge in [-0.3, -0.25) is 4.79 Å². The van der Waals surface area contributed by atoms with Crippen molar-refractivity contribution in [2.45, 2.75) is 19.8 Å². The molecule has 2 saturated heterocycles. The van der Waals surface area contributed by atoms with Crippen molar-refractivity contribution in [3.05, 3.63) is 42.5 Å². The van der Waals surface area contributed by atoms with Gasteiger partial charge in [0.1, 0.15) is 5.69 Å². The molecule has 7 nitrogen and oxygen atoms in total. The Morgan fingerprint density at radius 2 is 1.63 bits per heavy atom. The van der Waals surface area contributed by atoms with E-state index in [0.717, 1.165) is 43.7 Å². The Labute approximate surface area is 160 Å². The fourth-order valence-electron chi connectivity index (χ4n) is 3.69. The molecule has 2 aliphatic rings. The van der Waals surface area contributed by atoms with Crippen LogP contribution < -0.4 is 9.80 Å². The second-order valence-corrected chi connectivity index (χ2v) is 7.40. The third-order valence-corrected chi connectivity index (χ3v) is 5.52. The Balaban J connectivity index is 1.35. The molecule has 0 saturated carbocycles. The number of anilines is 2. The number of piperidine rings is 1. The first kappa shape index (κ1) is 17.7. The zero-order valence-corrected chi connectivity index (χ0v) is 15.8. The summed E-state index contributed by atoms with van der Waals surface area (Å²) >= 11 is 0. The Bertz CT molecular complexity index is 750. The van der Waals surface area contributed by atoms with Gasteiger partial charge in [0.2, 0.25) is 5.95 Å². The van der Waals surface area contributed by atoms with Crippen LogP contribution in [-0.4, -0.2) is 65.0 Å². The molecule has 0 bridgehead atoms. The van der Waals surface area contributed by atoms with Crippen LogP contribution in [0.3, 0.4) is 0 Å². The van der Waals surface area contributed by atoms with Crippen LogP contribution in [0.1, 0.15) is 30.3 Å². The summed E-state index contributed by atoms with van der Waals surface area (Å²) in [4.78, 5) is 32.1. The van der Waals surface area contributed by atoms with Crippen molar-refractivity contribution in [1.29, 1.82) is 0 Å². The fourth-order valence-corrected chi connectivity index (χ4v) is 3.69. The van der Waals surface area contributed by atoms with E-state index in [4.69, 9.17) is 0 Å². The summed E-state index contributed by atoms with van der Waals surface area (Å²) in [7, 11) is 0. The lowest BCUT2D eigenvalue weighted by Crippen LogP contribution is -2.49. The van der Waals surface area contributed by atoms with E-state index in [1.165, 1.54) is 12.8 Å². The second kappa shape index (κ2) is 7.90. The van der Waals surface area contributed by atoms with Gasteiger partial charge in [0.15, 0.2) is 0 Å². The van der Waals surface area contributed by atoms with Gasteiger partial charge >= 0.3 is 0 Å².